The van der Waals surface area contributed by atoms with Gasteiger partial charge in [-0.3, -0.25) is 4.90 Å². The van der Waals surface area contributed by atoms with Crippen LogP contribution in [0.4, 0.5) is 10.3 Å². The molecule has 2 aromatic heterocycles. The van der Waals surface area contributed by atoms with Crippen molar-refractivity contribution in [2.75, 3.05) is 18.1 Å². The van der Waals surface area contributed by atoms with Crippen LogP contribution in [0.15, 0.2) is 53.9 Å². The minimum atomic E-state index is -0.274. The molecule has 6 nitrogen and oxygen atoms in total. The predicted molar refractivity (Wildman–Crippen MR) is 105 cm³/mol. The molecule has 1 atom stereocenters. The van der Waals surface area contributed by atoms with Crippen molar-refractivity contribution in [2.24, 2.45) is 5.73 Å². The highest BCUT2D eigenvalue weighted by molar-refractivity contribution is 8.03. The minimum Gasteiger partial charge on any atom is -0.479 e. The Balaban J connectivity index is 1.69. The van der Waals surface area contributed by atoms with Gasteiger partial charge in [0, 0.05) is 17.5 Å². The number of hydrogen-bond acceptors (Lipinski definition) is 7. The van der Waals surface area contributed by atoms with Crippen LogP contribution < -0.4 is 10.6 Å². The second-order valence-corrected chi connectivity index (χ2v) is 6.92. The summed E-state index contributed by atoms with van der Waals surface area (Å²) < 4.78 is 18.8. The number of nitrogens with zero attached hydrogens (tertiary/aromatic N) is 4. The lowest BCUT2D eigenvalue weighted by molar-refractivity contribution is 0.221. The quantitative estimate of drug-likeness (QED) is 0.722. The molecule has 27 heavy (non-hydrogen) atoms. The molecular formula is C19H18FN5OS. The van der Waals surface area contributed by atoms with Gasteiger partial charge < -0.3 is 10.5 Å². The number of rotatable bonds is 5. The van der Waals surface area contributed by atoms with Crippen molar-refractivity contribution < 1.29 is 9.13 Å². The number of anilines is 1. The normalized spacial score (nSPS) is 16.6. The van der Waals surface area contributed by atoms with Crippen molar-refractivity contribution in [3.05, 3.63) is 59.7 Å². The Morgan fingerprint density at radius 3 is 2.70 bits per heavy atom. The molecule has 2 N–H and O–H groups in total. The first kappa shape index (κ1) is 17.7. The summed E-state index contributed by atoms with van der Waals surface area (Å²) in [7, 11) is 0. The fraction of sp³-hybridized carbons (Fsp3) is 0.211. The standard InChI is InChI=1S/C19H18FN5OS/c1-2-26-17-11-27-18(9-21)25(17)19-22-10-16-15(24-19)8-7-14(23-16)12-3-5-13(20)6-4-12/h3-8,10-11,18H,2,9,21H2,1H3. The van der Waals surface area contributed by atoms with Gasteiger partial charge in [-0.25, -0.2) is 19.3 Å². The third-order valence-electron chi connectivity index (χ3n) is 4.13. The summed E-state index contributed by atoms with van der Waals surface area (Å²) in [6.07, 6.45) is 1.69. The summed E-state index contributed by atoms with van der Waals surface area (Å²) >= 11 is 1.59. The molecule has 1 aliphatic heterocycles. The van der Waals surface area contributed by atoms with E-state index in [4.69, 9.17) is 10.5 Å². The Bertz CT molecular complexity index is 995. The van der Waals surface area contributed by atoms with E-state index in [0.717, 1.165) is 16.8 Å². The molecule has 4 rings (SSSR count). The second kappa shape index (κ2) is 7.50. The van der Waals surface area contributed by atoms with Gasteiger partial charge in [-0.2, -0.15) is 0 Å². The van der Waals surface area contributed by atoms with E-state index in [1.165, 1.54) is 12.1 Å². The van der Waals surface area contributed by atoms with Crippen molar-refractivity contribution in [3.8, 4) is 11.3 Å². The average molecular weight is 383 g/mol. The van der Waals surface area contributed by atoms with Crippen molar-refractivity contribution >= 4 is 28.7 Å². The van der Waals surface area contributed by atoms with E-state index in [0.29, 0.717) is 30.5 Å². The molecule has 3 heterocycles. The molecule has 0 bridgehead atoms. The Morgan fingerprint density at radius 2 is 1.96 bits per heavy atom. The summed E-state index contributed by atoms with van der Waals surface area (Å²) in [6.45, 7) is 2.93. The number of benzene rings is 1. The fourth-order valence-corrected chi connectivity index (χ4v) is 3.73. The first-order valence-electron chi connectivity index (χ1n) is 8.57. The zero-order valence-electron chi connectivity index (χ0n) is 14.7. The summed E-state index contributed by atoms with van der Waals surface area (Å²) in [4.78, 5) is 15.6. The highest BCUT2D eigenvalue weighted by atomic mass is 32.2. The van der Waals surface area contributed by atoms with Crippen LogP contribution in [0, 0.1) is 5.82 Å². The van der Waals surface area contributed by atoms with Gasteiger partial charge in [-0.05, 0) is 43.3 Å². The van der Waals surface area contributed by atoms with Crippen molar-refractivity contribution in [2.45, 2.75) is 12.3 Å². The maximum absolute atomic E-state index is 13.1. The second-order valence-electron chi connectivity index (χ2n) is 5.86. The van der Waals surface area contributed by atoms with E-state index in [-0.39, 0.29) is 11.2 Å². The number of halogens is 1. The average Bonchev–Trinajstić information content (AvgIpc) is 3.11. The first-order chi connectivity index (χ1) is 13.2. The molecule has 0 spiro atoms. The lowest BCUT2D eigenvalue weighted by atomic mass is 10.1. The van der Waals surface area contributed by atoms with Gasteiger partial charge in [0.05, 0.1) is 24.0 Å². The molecule has 3 aromatic rings. The van der Waals surface area contributed by atoms with E-state index in [9.17, 15) is 4.39 Å². The molecule has 1 aliphatic rings. The fourth-order valence-electron chi connectivity index (χ4n) is 2.85. The van der Waals surface area contributed by atoms with Gasteiger partial charge in [0.25, 0.3) is 0 Å². The highest BCUT2D eigenvalue weighted by Gasteiger charge is 2.30. The Hall–Kier alpha value is -2.71. The SMILES string of the molecule is CCOC1=CSC(CN)N1c1ncc2nc(-c3ccc(F)cc3)ccc2n1. The molecule has 0 saturated carbocycles. The third kappa shape index (κ3) is 3.45. The van der Waals surface area contributed by atoms with Crippen LogP contribution in [0.1, 0.15) is 6.92 Å². The number of aromatic nitrogens is 3. The molecule has 0 radical (unpaired) electrons. The van der Waals surface area contributed by atoms with Crippen LogP contribution in [-0.4, -0.2) is 33.5 Å². The predicted octanol–water partition coefficient (Wildman–Crippen LogP) is 3.50. The number of ether oxygens (including phenoxy) is 1. The highest BCUT2D eigenvalue weighted by Crippen LogP contribution is 2.34. The van der Waals surface area contributed by atoms with Gasteiger partial charge in [0.15, 0.2) is 0 Å². The zero-order chi connectivity index (χ0) is 18.8. The van der Waals surface area contributed by atoms with Gasteiger partial charge >= 0.3 is 0 Å². The van der Waals surface area contributed by atoms with Crippen LogP contribution >= 0.6 is 11.8 Å². The lowest BCUT2D eigenvalue weighted by Crippen LogP contribution is -2.36. The maximum Gasteiger partial charge on any atom is 0.233 e. The third-order valence-corrected chi connectivity index (χ3v) is 5.18. The van der Waals surface area contributed by atoms with Gasteiger partial charge in [0.2, 0.25) is 11.8 Å². The molecule has 0 saturated heterocycles. The van der Waals surface area contributed by atoms with E-state index in [1.807, 2.05) is 29.4 Å². The smallest absolute Gasteiger partial charge is 0.233 e. The Labute approximate surface area is 160 Å². The summed E-state index contributed by atoms with van der Waals surface area (Å²) in [5, 5.41) is 1.93. The topological polar surface area (TPSA) is 77.2 Å². The van der Waals surface area contributed by atoms with E-state index in [2.05, 4.69) is 15.0 Å². The minimum absolute atomic E-state index is 0.00422. The Kier molecular flexibility index (Phi) is 4.91. The molecule has 0 aliphatic carbocycles. The number of pyridine rings is 1. The maximum atomic E-state index is 13.1. The van der Waals surface area contributed by atoms with Crippen molar-refractivity contribution in [1.82, 2.24) is 15.0 Å². The molecule has 8 heteroatoms. The summed E-state index contributed by atoms with van der Waals surface area (Å²) in [5.74, 6) is 0.954. The van der Waals surface area contributed by atoms with Gasteiger partial charge in [0.1, 0.15) is 16.7 Å². The van der Waals surface area contributed by atoms with Crippen LogP contribution in [0.2, 0.25) is 0 Å². The van der Waals surface area contributed by atoms with Crippen LogP contribution in [0.25, 0.3) is 22.3 Å². The van der Waals surface area contributed by atoms with E-state index in [1.54, 1.807) is 30.1 Å². The summed E-state index contributed by atoms with van der Waals surface area (Å²) in [5.41, 5.74) is 8.84. The van der Waals surface area contributed by atoms with Crippen LogP contribution in [-0.2, 0) is 4.74 Å². The number of hydrogen-bond donors (Lipinski definition) is 1. The van der Waals surface area contributed by atoms with Crippen molar-refractivity contribution in [1.29, 1.82) is 0 Å². The molecular weight excluding hydrogens is 365 g/mol. The number of nitrogens with two attached hydrogens (primary N) is 1. The Morgan fingerprint density at radius 1 is 1.15 bits per heavy atom. The zero-order valence-corrected chi connectivity index (χ0v) is 15.5. The first-order valence-corrected chi connectivity index (χ1v) is 9.51. The molecule has 0 amide bonds. The van der Waals surface area contributed by atoms with Crippen LogP contribution in [0.5, 0.6) is 0 Å². The largest absolute Gasteiger partial charge is 0.479 e. The molecule has 1 aromatic carbocycles. The number of thioether (sulfide) groups is 1. The molecule has 0 fully saturated rings. The van der Waals surface area contributed by atoms with Crippen LogP contribution in [0.3, 0.4) is 0 Å². The molecule has 138 valence electrons. The van der Waals surface area contributed by atoms with E-state index < -0.39 is 0 Å². The summed E-state index contributed by atoms with van der Waals surface area (Å²) in [6, 6.07) is 9.99. The van der Waals surface area contributed by atoms with Crippen molar-refractivity contribution in [3.63, 3.8) is 0 Å². The monoisotopic (exact) mass is 383 g/mol. The number of fused-ring (bicyclic) bond motifs is 1. The van der Waals surface area contributed by atoms with Gasteiger partial charge in [-0.15, -0.1) is 11.8 Å². The van der Waals surface area contributed by atoms with Gasteiger partial charge in [-0.1, -0.05) is 0 Å². The molecule has 1 unspecified atom stereocenters. The lowest BCUT2D eigenvalue weighted by Gasteiger charge is -2.25. The van der Waals surface area contributed by atoms with E-state index >= 15 is 0 Å².